The smallest absolute Gasteiger partial charge is 0.132 e. The molecule has 8 heteroatoms. The van der Waals surface area contributed by atoms with Crippen LogP contribution in [-0.2, 0) is 11.3 Å². The molecule has 4 rings (SSSR count). The molecule has 0 saturated carbocycles. The van der Waals surface area contributed by atoms with Crippen molar-refractivity contribution in [3.05, 3.63) is 42.2 Å². The minimum absolute atomic E-state index is 0.229. The Morgan fingerprint density at radius 3 is 2.67 bits per heavy atom. The molecule has 2 aromatic heterocycles. The molecule has 0 bridgehead atoms. The predicted molar refractivity (Wildman–Crippen MR) is 116 cm³/mol. The van der Waals surface area contributed by atoms with Crippen LogP contribution in [0.5, 0.6) is 5.75 Å². The molecule has 1 fully saturated rings. The summed E-state index contributed by atoms with van der Waals surface area (Å²) in [5, 5.41) is 8.45. The lowest BCUT2D eigenvalue weighted by atomic mass is 10.0. The van der Waals surface area contributed by atoms with Gasteiger partial charge in [0, 0.05) is 48.6 Å². The number of pyridine rings is 1. The van der Waals surface area contributed by atoms with Gasteiger partial charge in [0.25, 0.3) is 0 Å². The molecule has 0 amide bonds. The lowest BCUT2D eigenvalue weighted by Crippen LogP contribution is -2.35. The average Bonchev–Trinajstić information content (AvgIpc) is 3.26. The van der Waals surface area contributed by atoms with E-state index in [1.807, 2.05) is 16.9 Å². The Morgan fingerprint density at radius 1 is 1.17 bits per heavy atom. The van der Waals surface area contributed by atoms with E-state index in [4.69, 9.17) is 15.2 Å². The fourth-order valence-electron chi connectivity index (χ4n) is 3.55. The first-order chi connectivity index (χ1) is 14.5. The molecule has 1 aliphatic rings. The molecule has 30 heavy (non-hydrogen) atoms. The third-order valence-corrected chi connectivity index (χ3v) is 5.35. The predicted octanol–water partition coefficient (Wildman–Crippen LogP) is 3.01. The zero-order valence-electron chi connectivity index (χ0n) is 17.7. The van der Waals surface area contributed by atoms with Crippen LogP contribution in [0.3, 0.4) is 0 Å². The van der Waals surface area contributed by atoms with E-state index in [1.165, 1.54) is 0 Å². The monoisotopic (exact) mass is 408 g/mol. The maximum Gasteiger partial charge on any atom is 0.132 e. The first kappa shape index (κ1) is 20.3. The molecule has 8 nitrogen and oxygen atoms in total. The second kappa shape index (κ2) is 8.81. The lowest BCUT2D eigenvalue weighted by molar-refractivity contribution is 0.0339. The van der Waals surface area contributed by atoms with Gasteiger partial charge < -0.3 is 15.2 Å². The van der Waals surface area contributed by atoms with E-state index in [2.05, 4.69) is 52.2 Å². The quantitative estimate of drug-likeness (QED) is 0.670. The van der Waals surface area contributed by atoms with Crippen LogP contribution >= 0.6 is 0 Å². The number of aromatic nitrogens is 4. The SMILES string of the molecule is COc1cc(-c2cnc(N)c(-c3cn(C(C)C)nn3)c2)ccc1CN1CCOCC1. The Morgan fingerprint density at radius 2 is 1.97 bits per heavy atom. The van der Waals surface area contributed by atoms with E-state index < -0.39 is 0 Å². The molecule has 0 aliphatic carbocycles. The van der Waals surface area contributed by atoms with Crippen molar-refractivity contribution < 1.29 is 9.47 Å². The van der Waals surface area contributed by atoms with Crippen molar-refractivity contribution >= 4 is 5.82 Å². The molecule has 0 spiro atoms. The number of ether oxygens (including phenoxy) is 2. The number of nitrogens with two attached hydrogens (primary N) is 1. The van der Waals surface area contributed by atoms with Crippen LogP contribution in [0, 0.1) is 0 Å². The number of anilines is 1. The van der Waals surface area contributed by atoms with Crippen molar-refractivity contribution in [2.45, 2.75) is 26.4 Å². The fourth-order valence-corrected chi connectivity index (χ4v) is 3.55. The Balaban J connectivity index is 1.63. The minimum Gasteiger partial charge on any atom is -0.496 e. The highest BCUT2D eigenvalue weighted by atomic mass is 16.5. The van der Waals surface area contributed by atoms with Crippen molar-refractivity contribution in [3.8, 4) is 28.1 Å². The van der Waals surface area contributed by atoms with Gasteiger partial charge in [0.2, 0.25) is 0 Å². The number of methoxy groups -OCH3 is 1. The summed E-state index contributed by atoms with van der Waals surface area (Å²) in [6.45, 7) is 8.39. The van der Waals surface area contributed by atoms with Gasteiger partial charge in [0.15, 0.2) is 0 Å². The molecule has 0 radical (unpaired) electrons. The van der Waals surface area contributed by atoms with E-state index in [0.29, 0.717) is 11.5 Å². The highest BCUT2D eigenvalue weighted by Gasteiger charge is 2.16. The molecule has 0 unspecified atom stereocenters. The summed E-state index contributed by atoms with van der Waals surface area (Å²) in [6.07, 6.45) is 3.68. The minimum atomic E-state index is 0.229. The fraction of sp³-hybridized carbons (Fsp3) is 0.409. The molecule has 0 atom stereocenters. The van der Waals surface area contributed by atoms with Crippen molar-refractivity contribution in [2.24, 2.45) is 0 Å². The number of nitrogens with zero attached hydrogens (tertiary/aromatic N) is 5. The Bertz CT molecular complexity index is 1010. The lowest BCUT2D eigenvalue weighted by Gasteiger charge is -2.27. The van der Waals surface area contributed by atoms with Gasteiger partial charge in [-0.05, 0) is 31.5 Å². The topological polar surface area (TPSA) is 91.3 Å². The van der Waals surface area contributed by atoms with Crippen LogP contribution < -0.4 is 10.5 Å². The third kappa shape index (κ3) is 4.29. The summed E-state index contributed by atoms with van der Waals surface area (Å²) in [5.41, 5.74) is 10.8. The van der Waals surface area contributed by atoms with Gasteiger partial charge in [0.05, 0.1) is 26.5 Å². The summed E-state index contributed by atoms with van der Waals surface area (Å²) in [4.78, 5) is 6.77. The number of rotatable bonds is 6. The molecule has 2 N–H and O–H groups in total. The van der Waals surface area contributed by atoms with Gasteiger partial charge >= 0.3 is 0 Å². The summed E-state index contributed by atoms with van der Waals surface area (Å²) in [5.74, 6) is 1.30. The van der Waals surface area contributed by atoms with Crippen LogP contribution in [0.25, 0.3) is 22.4 Å². The first-order valence-electron chi connectivity index (χ1n) is 10.2. The van der Waals surface area contributed by atoms with Crippen LogP contribution in [0.2, 0.25) is 0 Å². The van der Waals surface area contributed by atoms with Crippen LogP contribution in [-0.4, -0.2) is 58.3 Å². The first-order valence-corrected chi connectivity index (χ1v) is 10.2. The summed E-state index contributed by atoms with van der Waals surface area (Å²) in [6, 6.07) is 8.51. The van der Waals surface area contributed by atoms with E-state index in [1.54, 1.807) is 13.3 Å². The largest absolute Gasteiger partial charge is 0.496 e. The molecule has 1 saturated heterocycles. The van der Waals surface area contributed by atoms with E-state index in [-0.39, 0.29) is 6.04 Å². The second-order valence-electron chi connectivity index (χ2n) is 7.75. The maximum absolute atomic E-state index is 6.14. The van der Waals surface area contributed by atoms with Gasteiger partial charge in [-0.25, -0.2) is 9.67 Å². The van der Waals surface area contributed by atoms with Crippen molar-refractivity contribution in [1.82, 2.24) is 24.9 Å². The van der Waals surface area contributed by atoms with E-state index in [9.17, 15) is 0 Å². The van der Waals surface area contributed by atoms with Gasteiger partial charge in [-0.2, -0.15) is 0 Å². The number of benzene rings is 1. The third-order valence-electron chi connectivity index (χ3n) is 5.35. The molecular weight excluding hydrogens is 380 g/mol. The van der Waals surface area contributed by atoms with Crippen molar-refractivity contribution in [1.29, 1.82) is 0 Å². The summed E-state index contributed by atoms with van der Waals surface area (Å²) >= 11 is 0. The highest BCUT2D eigenvalue weighted by Crippen LogP contribution is 2.32. The summed E-state index contributed by atoms with van der Waals surface area (Å²) in [7, 11) is 1.71. The van der Waals surface area contributed by atoms with Crippen LogP contribution in [0.4, 0.5) is 5.82 Å². The second-order valence-corrected chi connectivity index (χ2v) is 7.75. The molecule has 3 aromatic rings. The number of hydrogen-bond donors (Lipinski definition) is 1. The van der Waals surface area contributed by atoms with Gasteiger partial charge in [0.1, 0.15) is 17.3 Å². The number of hydrogen-bond acceptors (Lipinski definition) is 7. The zero-order chi connectivity index (χ0) is 21.1. The molecule has 1 aliphatic heterocycles. The Labute approximate surface area is 176 Å². The number of nitrogen functional groups attached to an aromatic ring is 1. The number of morpholine rings is 1. The standard InChI is InChI=1S/C22H28N6O2/c1-15(2)28-14-20(25-26-28)19-10-18(12-24-22(19)23)16-4-5-17(21(11-16)29-3)13-27-6-8-30-9-7-27/h4-5,10-12,14-15H,6-9,13H2,1-3H3,(H2,23,24). The van der Waals surface area contributed by atoms with E-state index >= 15 is 0 Å². The zero-order valence-corrected chi connectivity index (χ0v) is 17.7. The van der Waals surface area contributed by atoms with Crippen LogP contribution in [0.1, 0.15) is 25.5 Å². The molecule has 1 aromatic carbocycles. The van der Waals surface area contributed by atoms with E-state index in [0.717, 1.165) is 60.9 Å². The highest BCUT2D eigenvalue weighted by molar-refractivity contribution is 5.77. The van der Waals surface area contributed by atoms with Gasteiger partial charge in [-0.15, -0.1) is 5.10 Å². The normalized spacial score (nSPS) is 14.9. The summed E-state index contributed by atoms with van der Waals surface area (Å²) < 4.78 is 12.9. The van der Waals surface area contributed by atoms with Gasteiger partial charge in [-0.1, -0.05) is 17.3 Å². The van der Waals surface area contributed by atoms with Crippen molar-refractivity contribution in [2.75, 3.05) is 39.1 Å². The molecular formula is C22H28N6O2. The maximum atomic E-state index is 6.14. The van der Waals surface area contributed by atoms with Crippen molar-refractivity contribution in [3.63, 3.8) is 0 Å². The molecule has 158 valence electrons. The Kier molecular flexibility index (Phi) is 5.96. The molecule has 3 heterocycles. The van der Waals surface area contributed by atoms with Crippen LogP contribution in [0.15, 0.2) is 36.7 Å². The Hall–Kier alpha value is -2.97. The average molecular weight is 409 g/mol. The van der Waals surface area contributed by atoms with Gasteiger partial charge in [-0.3, -0.25) is 4.90 Å².